The molecule has 2 fully saturated rings. The van der Waals surface area contributed by atoms with E-state index in [1.54, 1.807) is 30.3 Å². The molecule has 0 radical (unpaired) electrons. The number of fused-ring (bicyclic) bond motifs is 1. The van der Waals surface area contributed by atoms with Crippen molar-refractivity contribution >= 4 is 23.8 Å². The lowest BCUT2D eigenvalue weighted by Crippen LogP contribution is -2.58. The SMILES string of the molecule is CC(C)C1CN(Cc2cc3c(c(C(F)(F)F)c2)CN(c2cccc(C4(C(F)C(=N)N(C)C=N)COC4)c2)C3=O)CCN1C. The highest BCUT2D eigenvalue weighted by molar-refractivity contribution is 6.10. The number of likely N-dealkylation sites (N-methyl/N-ethyl adjacent to an activating group) is 1. The molecule has 3 aliphatic rings. The minimum Gasteiger partial charge on any atom is -0.379 e. The average Bonchev–Trinajstić information content (AvgIpc) is 3.27. The molecule has 0 saturated carbocycles. The standard InChI is InChI=1S/C31H38F4N6O2/c1-19(2)26-15-40(9-8-38(26)3)13-20-10-23-24(25(11-20)31(33,34)35)14-41(29(23)42)22-7-5-6-21(12-22)30(16-43-17-30)27(32)28(37)39(4)18-36/h5-7,10-12,18-19,26-27,36-37H,8-9,13-17H2,1-4H3. The van der Waals surface area contributed by atoms with E-state index in [4.69, 9.17) is 15.6 Å². The summed E-state index contributed by atoms with van der Waals surface area (Å²) >= 11 is 0. The largest absolute Gasteiger partial charge is 0.416 e. The number of hydrogen-bond acceptors (Lipinski definition) is 6. The lowest BCUT2D eigenvalue weighted by molar-refractivity contribution is -0.138. The molecule has 3 aliphatic heterocycles. The second kappa shape index (κ2) is 11.6. The minimum absolute atomic E-state index is 0.00838. The van der Waals surface area contributed by atoms with Crippen molar-refractivity contribution in [2.24, 2.45) is 5.92 Å². The quantitative estimate of drug-likeness (QED) is 0.259. The number of amides is 1. The Kier molecular flexibility index (Phi) is 8.40. The normalized spacial score (nSPS) is 21.5. The summed E-state index contributed by atoms with van der Waals surface area (Å²) in [6.45, 7) is 6.57. The number of carbonyl (C=O) groups excluding carboxylic acids is 1. The van der Waals surface area contributed by atoms with Gasteiger partial charge in [0.2, 0.25) is 0 Å². The number of alkyl halides is 4. The Morgan fingerprint density at radius 2 is 1.93 bits per heavy atom. The van der Waals surface area contributed by atoms with Crippen LogP contribution in [0.1, 0.15) is 46.5 Å². The molecule has 43 heavy (non-hydrogen) atoms. The van der Waals surface area contributed by atoms with Crippen LogP contribution in [0.4, 0.5) is 23.2 Å². The number of piperazine rings is 1. The van der Waals surface area contributed by atoms with Crippen molar-refractivity contribution in [2.45, 2.75) is 50.7 Å². The molecule has 2 atom stereocenters. The van der Waals surface area contributed by atoms with Crippen LogP contribution in [-0.4, -0.2) is 91.9 Å². The number of nitrogens with zero attached hydrogens (tertiary/aromatic N) is 4. The van der Waals surface area contributed by atoms with E-state index < -0.39 is 35.1 Å². The molecule has 2 N–H and O–H groups in total. The highest BCUT2D eigenvalue weighted by Crippen LogP contribution is 2.43. The summed E-state index contributed by atoms with van der Waals surface area (Å²) in [4.78, 5) is 20.5. The van der Waals surface area contributed by atoms with Crippen molar-refractivity contribution in [1.29, 1.82) is 10.8 Å². The summed E-state index contributed by atoms with van der Waals surface area (Å²) in [6, 6.07) is 9.57. The van der Waals surface area contributed by atoms with Crippen LogP contribution in [0.5, 0.6) is 0 Å². The van der Waals surface area contributed by atoms with E-state index in [-0.39, 0.29) is 36.9 Å². The van der Waals surface area contributed by atoms with Crippen molar-refractivity contribution < 1.29 is 27.1 Å². The molecule has 0 bridgehead atoms. The fourth-order valence-electron chi connectivity index (χ4n) is 6.38. The second-order valence-electron chi connectivity index (χ2n) is 12.3. The summed E-state index contributed by atoms with van der Waals surface area (Å²) in [5, 5.41) is 15.6. The Morgan fingerprint density at radius 1 is 1.21 bits per heavy atom. The van der Waals surface area contributed by atoms with Crippen LogP contribution < -0.4 is 4.90 Å². The first-order chi connectivity index (χ1) is 20.3. The van der Waals surface area contributed by atoms with Crippen molar-refractivity contribution in [3.63, 3.8) is 0 Å². The summed E-state index contributed by atoms with van der Waals surface area (Å²) < 4.78 is 64.1. The van der Waals surface area contributed by atoms with Crippen LogP contribution in [0.2, 0.25) is 0 Å². The lowest BCUT2D eigenvalue weighted by Gasteiger charge is -2.45. The molecule has 2 unspecified atom stereocenters. The summed E-state index contributed by atoms with van der Waals surface area (Å²) in [7, 11) is 3.47. The Morgan fingerprint density at radius 3 is 2.53 bits per heavy atom. The van der Waals surface area contributed by atoms with Gasteiger partial charge in [-0.1, -0.05) is 26.0 Å². The van der Waals surface area contributed by atoms with Gasteiger partial charge in [0.1, 0.15) is 5.84 Å². The number of halogens is 4. The zero-order chi connectivity index (χ0) is 31.3. The molecule has 5 rings (SSSR count). The molecule has 2 aromatic carbocycles. The maximum absolute atomic E-state index is 15.7. The molecule has 12 heteroatoms. The van der Waals surface area contributed by atoms with Gasteiger partial charge in [-0.05, 0) is 53.9 Å². The third-order valence-corrected chi connectivity index (χ3v) is 9.11. The van der Waals surface area contributed by atoms with E-state index in [1.165, 1.54) is 18.0 Å². The molecule has 2 aromatic rings. The first-order valence-electron chi connectivity index (χ1n) is 14.4. The molecule has 1 amide bonds. The Hall–Kier alpha value is -3.35. The summed E-state index contributed by atoms with van der Waals surface area (Å²) in [5.41, 5.74) is -0.784. The van der Waals surface area contributed by atoms with Crippen LogP contribution >= 0.6 is 0 Å². The number of ether oxygens (including phenoxy) is 1. The van der Waals surface area contributed by atoms with Gasteiger partial charge < -0.3 is 19.4 Å². The van der Waals surface area contributed by atoms with E-state index in [2.05, 4.69) is 30.7 Å². The predicted octanol–water partition coefficient (Wildman–Crippen LogP) is 4.76. The molecule has 0 aromatic heterocycles. The zero-order valence-electron chi connectivity index (χ0n) is 24.8. The molecular weight excluding hydrogens is 564 g/mol. The van der Waals surface area contributed by atoms with Gasteiger partial charge in [0.25, 0.3) is 5.91 Å². The van der Waals surface area contributed by atoms with Crippen molar-refractivity contribution in [3.05, 3.63) is 64.2 Å². The van der Waals surface area contributed by atoms with E-state index in [0.29, 0.717) is 29.3 Å². The summed E-state index contributed by atoms with van der Waals surface area (Å²) in [5.74, 6) is -0.550. The molecule has 0 aliphatic carbocycles. The van der Waals surface area contributed by atoms with Gasteiger partial charge in [-0.2, -0.15) is 13.2 Å². The van der Waals surface area contributed by atoms with Crippen LogP contribution in [0.15, 0.2) is 36.4 Å². The van der Waals surface area contributed by atoms with Crippen molar-refractivity contribution in [2.75, 3.05) is 51.8 Å². The molecule has 232 valence electrons. The third-order valence-electron chi connectivity index (χ3n) is 9.11. The van der Waals surface area contributed by atoms with Gasteiger partial charge in [-0.3, -0.25) is 20.5 Å². The zero-order valence-corrected chi connectivity index (χ0v) is 24.8. The number of carbonyl (C=O) groups is 1. The van der Waals surface area contributed by atoms with Crippen LogP contribution in [0, 0.1) is 16.7 Å². The first kappa shape index (κ1) is 31.1. The fraction of sp³-hybridized carbons (Fsp3) is 0.516. The molecule has 3 heterocycles. The number of amidine groups is 1. The Labute approximate surface area is 249 Å². The van der Waals surface area contributed by atoms with Crippen LogP contribution in [0.25, 0.3) is 0 Å². The fourth-order valence-corrected chi connectivity index (χ4v) is 6.38. The maximum atomic E-state index is 15.7. The molecule has 8 nitrogen and oxygen atoms in total. The summed E-state index contributed by atoms with van der Waals surface area (Å²) in [6.07, 6.45) is -5.59. The molecular formula is C31H38F4N6O2. The van der Waals surface area contributed by atoms with Gasteiger partial charge >= 0.3 is 6.18 Å². The molecule has 2 saturated heterocycles. The van der Waals surface area contributed by atoms with Crippen molar-refractivity contribution in [3.8, 4) is 0 Å². The van der Waals surface area contributed by atoms with Crippen LogP contribution in [-0.2, 0) is 29.4 Å². The predicted molar refractivity (Wildman–Crippen MR) is 157 cm³/mol. The maximum Gasteiger partial charge on any atom is 0.416 e. The number of benzene rings is 2. The Bertz CT molecular complexity index is 1410. The lowest BCUT2D eigenvalue weighted by atomic mass is 9.73. The number of hydrogen-bond donors (Lipinski definition) is 2. The topological polar surface area (TPSA) is 87.0 Å². The van der Waals surface area contributed by atoms with Gasteiger partial charge in [-0.15, -0.1) is 0 Å². The highest BCUT2D eigenvalue weighted by Gasteiger charge is 2.51. The van der Waals surface area contributed by atoms with Crippen LogP contribution in [0.3, 0.4) is 0 Å². The molecule has 0 spiro atoms. The second-order valence-corrected chi connectivity index (χ2v) is 12.3. The van der Waals surface area contributed by atoms with E-state index in [0.717, 1.165) is 30.9 Å². The average molecular weight is 603 g/mol. The first-order valence-corrected chi connectivity index (χ1v) is 14.4. The van der Waals surface area contributed by atoms with E-state index in [9.17, 15) is 18.0 Å². The highest BCUT2D eigenvalue weighted by atomic mass is 19.4. The number of rotatable bonds is 8. The number of nitrogens with one attached hydrogen (secondary N) is 2. The van der Waals surface area contributed by atoms with Gasteiger partial charge in [0.05, 0.1) is 37.1 Å². The monoisotopic (exact) mass is 602 g/mol. The third kappa shape index (κ3) is 5.67. The van der Waals surface area contributed by atoms with E-state index >= 15 is 4.39 Å². The van der Waals surface area contributed by atoms with Gasteiger partial charge in [0, 0.05) is 50.5 Å². The Balaban J connectivity index is 1.45. The van der Waals surface area contributed by atoms with E-state index in [1.807, 2.05) is 0 Å². The van der Waals surface area contributed by atoms with Crippen molar-refractivity contribution in [1.82, 2.24) is 14.7 Å². The van der Waals surface area contributed by atoms with Gasteiger partial charge in [-0.25, -0.2) is 4.39 Å². The number of anilines is 1. The smallest absolute Gasteiger partial charge is 0.379 e. The van der Waals surface area contributed by atoms with Gasteiger partial charge in [0.15, 0.2) is 6.17 Å². The minimum atomic E-state index is -4.64.